The van der Waals surface area contributed by atoms with E-state index in [0.717, 1.165) is 12.8 Å². The summed E-state index contributed by atoms with van der Waals surface area (Å²) in [4.78, 5) is 25.4. The van der Waals surface area contributed by atoms with Gasteiger partial charge in [0.1, 0.15) is 16.9 Å². The molecule has 2 aromatic rings. The first-order valence-corrected chi connectivity index (χ1v) is 7.10. The van der Waals surface area contributed by atoms with Crippen molar-refractivity contribution in [2.24, 2.45) is 5.92 Å². The van der Waals surface area contributed by atoms with E-state index in [0.29, 0.717) is 23.3 Å². The number of carbonyl (C=O) groups excluding carboxylic acids is 1. The van der Waals surface area contributed by atoms with Gasteiger partial charge in [-0.25, -0.2) is 4.79 Å². The van der Waals surface area contributed by atoms with E-state index < -0.39 is 5.97 Å². The molecule has 1 atom stereocenters. The molecule has 3 rings (SSSR count). The predicted molar refractivity (Wildman–Crippen MR) is 77.0 cm³/mol. The van der Waals surface area contributed by atoms with Crippen LogP contribution in [0.3, 0.4) is 0 Å². The summed E-state index contributed by atoms with van der Waals surface area (Å²) in [6, 6.07) is 7.05. The number of furan rings is 1. The van der Waals surface area contributed by atoms with Gasteiger partial charge in [-0.05, 0) is 18.9 Å². The Labute approximate surface area is 122 Å². The van der Waals surface area contributed by atoms with E-state index in [9.17, 15) is 14.7 Å². The Morgan fingerprint density at radius 3 is 2.95 bits per heavy atom. The number of fused-ring (bicyclic) bond motifs is 1. The van der Waals surface area contributed by atoms with Crippen LogP contribution in [0.15, 0.2) is 28.7 Å². The highest BCUT2D eigenvalue weighted by Crippen LogP contribution is 2.28. The van der Waals surface area contributed by atoms with E-state index >= 15 is 0 Å². The average molecular weight is 287 g/mol. The molecule has 0 saturated carbocycles. The van der Waals surface area contributed by atoms with Gasteiger partial charge in [0, 0.05) is 17.8 Å². The van der Waals surface area contributed by atoms with Crippen molar-refractivity contribution >= 4 is 22.8 Å². The molecular formula is C16H17NO4. The number of carboxylic acids is 1. The summed E-state index contributed by atoms with van der Waals surface area (Å²) in [6.45, 7) is 2.78. The molecule has 1 amide bonds. The molecule has 0 spiro atoms. The fourth-order valence-electron chi connectivity index (χ4n) is 2.91. The van der Waals surface area contributed by atoms with Crippen LogP contribution in [0.5, 0.6) is 0 Å². The number of carboxylic acid groups (broad SMARTS) is 1. The molecule has 0 bridgehead atoms. The van der Waals surface area contributed by atoms with Gasteiger partial charge in [-0.15, -0.1) is 0 Å². The Morgan fingerprint density at radius 2 is 2.19 bits per heavy atom. The quantitative estimate of drug-likeness (QED) is 0.942. The lowest BCUT2D eigenvalue weighted by atomic mass is 9.99. The van der Waals surface area contributed by atoms with Crippen molar-refractivity contribution in [3.8, 4) is 0 Å². The van der Waals surface area contributed by atoms with E-state index in [2.05, 4.69) is 0 Å². The number of hydrogen-bond donors (Lipinski definition) is 1. The van der Waals surface area contributed by atoms with Crippen LogP contribution in [0, 0.1) is 5.92 Å². The monoisotopic (exact) mass is 287 g/mol. The molecule has 5 nitrogen and oxygen atoms in total. The third-order valence-electron chi connectivity index (χ3n) is 4.02. The van der Waals surface area contributed by atoms with Crippen molar-refractivity contribution in [2.75, 3.05) is 6.54 Å². The fraction of sp³-hybridized carbons (Fsp3) is 0.375. The number of hydrogen-bond acceptors (Lipinski definition) is 3. The zero-order valence-corrected chi connectivity index (χ0v) is 11.8. The van der Waals surface area contributed by atoms with Crippen LogP contribution < -0.4 is 0 Å². The fourth-order valence-corrected chi connectivity index (χ4v) is 2.91. The third-order valence-corrected chi connectivity index (χ3v) is 4.02. The molecule has 110 valence electrons. The van der Waals surface area contributed by atoms with Gasteiger partial charge >= 0.3 is 5.97 Å². The first-order chi connectivity index (χ1) is 10.1. The van der Waals surface area contributed by atoms with E-state index in [1.165, 1.54) is 0 Å². The van der Waals surface area contributed by atoms with Gasteiger partial charge in [-0.3, -0.25) is 4.79 Å². The van der Waals surface area contributed by atoms with Gasteiger partial charge in [-0.2, -0.15) is 0 Å². The molecule has 1 aliphatic heterocycles. The Balaban J connectivity index is 1.98. The molecule has 1 N–H and O–H groups in total. The zero-order chi connectivity index (χ0) is 15.0. The maximum atomic E-state index is 12.2. The molecule has 21 heavy (non-hydrogen) atoms. The minimum absolute atomic E-state index is 0.00333. The van der Waals surface area contributed by atoms with Gasteiger partial charge in [0.25, 0.3) is 0 Å². The van der Waals surface area contributed by atoms with Crippen molar-refractivity contribution < 1.29 is 19.1 Å². The normalized spacial score (nSPS) is 19.2. The second-order valence-corrected chi connectivity index (χ2v) is 5.50. The Morgan fingerprint density at radius 1 is 1.43 bits per heavy atom. The lowest BCUT2D eigenvalue weighted by molar-refractivity contribution is -0.138. The van der Waals surface area contributed by atoms with Crippen molar-refractivity contribution in [3.63, 3.8) is 0 Å². The van der Waals surface area contributed by atoms with Crippen LogP contribution in [-0.2, 0) is 11.3 Å². The number of amides is 1. The summed E-state index contributed by atoms with van der Waals surface area (Å²) < 4.78 is 5.67. The number of likely N-dealkylation sites (tertiary alicyclic amines) is 1. The SMILES string of the molecule is CC1CCCN(Cc2oc3ccccc3c2C(=O)O)C1=O. The van der Waals surface area contributed by atoms with Gasteiger partial charge in [0.2, 0.25) is 5.91 Å². The van der Waals surface area contributed by atoms with Crippen molar-refractivity contribution in [1.82, 2.24) is 4.90 Å². The van der Waals surface area contributed by atoms with E-state index in [4.69, 9.17) is 4.42 Å². The number of aromatic carboxylic acids is 1. The van der Waals surface area contributed by atoms with Gasteiger partial charge in [0.05, 0.1) is 6.54 Å². The second kappa shape index (κ2) is 5.24. The molecule has 0 aliphatic carbocycles. The highest BCUT2D eigenvalue weighted by Gasteiger charge is 2.28. The van der Waals surface area contributed by atoms with Crippen LogP contribution >= 0.6 is 0 Å². The van der Waals surface area contributed by atoms with Crippen molar-refractivity contribution in [1.29, 1.82) is 0 Å². The molecular weight excluding hydrogens is 270 g/mol. The number of nitrogens with zero attached hydrogens (tertiary/aromatic N) is 1. The largest absolute Gasteiger partial charge is 0.478 e. The zero-order valence-electron chi connectivity index (χ0n) is 11.8. The van der Waals surface area contributed by atoms with Crippen LogP contribution in [-0.4, -0.2) is 28.4 Å². The summed E-state index contributed by atoms with van der Waals surface area (Å²) in [5.41, 5.74) is 0.707. The summed E-state index contributed by atoms with van der Waals surface area (Å²) >= 11 is 0. The number of rotatable bonds is 3. The standard InChI is InChI=1S/C16H17NO4/c1-10-5-4-8-17(15(10)18)9-13-14(16(19)20)11-6-2-3-7-12(11)21-13/h2-3,6-7,10H,4-5,8-9H2,1H3,(H,19,20). The van der Waals surface area contributed by atoms with E-state index in [1.54, 1.807) is 29.2 Å². The smallest absolute Gasteiger partial charge is 0.339 e. The molecule has 0 radical (unpaired) electrons. The topological polar surface area (TPSA) is 70.8 Å². The first kappa shape index (κ1) is 13.7. The van der Waals surface area contributed by atoms with Gasteiger partial charge in [0.15, 0.2) is 0 Å². The van der Waals surface area contributed by atoms with Crippen molar-refractivity contribution in [3.05, 3.63) is 35.6 Å². The minimum atomic E-state index is -1.02. The number of piperidine rings is 1. The molecule has 5 heteroatoms. The average Bonchev–Trinajstić information content (AvgIpc) is 2.82. The van der Waals surface area contributed by atoms with Crippen LogP contribution in [0.1, 0.15) is 35.9 Å². The van der Waals surface area contributed by atoms with Crippen LogP contribution in [0.25, 0.3) is 11.0 Å². The highest BCUT2D eigenvalue weighted by atomic mass is 16.4. The van der Waals surface area contributed by atoms with Gasteiger partial charge < -0.3 is 14.4 Å². The molecule has 1 saturated heterocycles. The van der Waals surface area contributed by atoms with E-state index in [-0.39, 0.29) is 23.9 Å². The molecule has 1 aliphatic rings. The number of carbonyl (C=O) groups is 2. The van der Waals surface area contributed by atoms with Crippen LogP contribution in [0.4, 0.5) is 0 Å². The Hall–Kier alpha value is -2.30. The van der Waals surface area contributed by atoms with Crippen LogP contribution in [0.2, 0.25) is 0 Å². The molecule has 2 heterocycles. The molecule has 1 aromatic carbocycles. The maximum absolute atomic E-state index is 12.2. The highest BCUT2D eigenvalue weighted by molar-refractivity contribution is 6.03. The van der Waals surface area contributed by atoms with Crippen molar-refractivity contribution in [2.45, 2.75) is 26.3 Å². The predicted octanol–water partition coefficient (Wildman–Crippen LogP) is 2.89. The Kier molecular flexibility index (Phi) is 3.41. The number of para-hydroxylation sites is 1. The molecule has 1 aromatic heterocycles. The summed E-state index contributed by atoms with van der Waals surface area (Å²) in [7, 11) is 0. The summed E-state index contributed by atoms with van der Waals surface area (Å²) in [5, 5.41) is 10.0. The Bertz CT molecular complexity index is 703. The molecule has 1 unspecified atom stereocenters. The molecule has 1 fully saturated rings. The van der Waals surface area contributed by atoms with Gasteiger partial charge in [-0.1, -0.05) is 25.1 Å². The summed E-state index contributed by atoms with van der Waals surface area (Å²) in [6.07, 6.45) is 1.83. The number of benzene rings is 1. The lowest BCUT2D eigenvalue weighted by Gasteiger charge is -2.30. The third kappa shape index (κ3) is 2.39. The first-order valence-electron chi connectivity index (χ1n) is 7.10. The second-order valence-electron chi connectivity index (χ2n) is 5.50. The lowest BCUT2D eigenvalue weighted by Crippen LogP contribution is -2.39. The van der Waals surface area contributed by atoms with E-state index in [1.807, 2.05) is 6.92 Å². The summed E-state index contributed by atoms with van der Waals surface area (Å²) in [5.74, 6) is -0.604. The maximum Gasteiger partial charge on any atom is 0.339 e. The minimum Gasteiger partial charge on any atom is -0.478 e.